The molecule has 0 unspecified atom stereocenters. The summed E-state index contributed by atoms with van der Waals surface area (Å²) in [4.78, 5) is 12.8. The van der Waals surface area contributed by atoms with Gasteiger partial charge in [-0.1, -0.05) is 12.5 Å². The van der Waals surface area contributed by atoms with Crippen LogP contribution < -0.4 is 10.6 Å². The number of hydrogen-bond acceptors (Lipinski definition) is 5. The molecule has 1 fully saturated rings. The summed E-state index contributed by atoms with van der Waals surface area (Å²) >= 11 is 0. The summed E-state index contributed by atoms with van der Waals surface area (Å²) in [6.45, 7) is 1.89. The first kappa shape index (κ1) is 14.9. The molecular formula is C17H23N5. The van der Waals surface area contributed by atoms with Crippen molar-refractivity contribution in [3.8, 4) is 0 Å². The van der Waals surface area contributed by atoms with Crippen LogP contribution in [0.1, 0.15) is 36.9 Å². The van der Waals surface area contributed by atoms with Gasteiger partial charge in [-0.15, -0.1) is 0 Å². The molecule has 0 amide bonds. The number of nitrogens with one attached hydrogen (secondary N) is 2. The predicted molar refractivity (Wildman–Crippen MR) is 87.6 cm³/mol. The summed E-state index contributed by atoms with van der Waals surface area (Å²) in [5.74, 6) is 0.880. The molecule has 3 heterocycles. The molecule has 0 saturated carbocycles. The number of anilines is 1. The first-order valence-electron chi connectivity index (χ1n) is 8.07. The van der Waals surface area contributed by atoms with Crippen molar-refractivity contribution in [2.75, 3.05) is 11.9 Å². The van der Waals surface area contributed by atoms with Crippen LogP contribution in [0.5, 0.6) is 0 Å². The number of aryl methyl sites for hydroxylation is 1. The van der Waals surface area contributed by atoms with Gasteiger partial charge in [0, 0.05) is 36.7 Å². The molecule has 2 aromatic heterocycles. The van der Waals surface area contributed by atoms with Crippen molar-refractivity contribution in [2.24, 2.45) is 0 Å². The largest absolute Gasteiger partial charge is 0.366 e. The molecule has 5 heteroatoms. The van der Waals surface area contributed by atoms with E-state index in [0.717, 1.165) is 43.0 Å². The zero-order chi connectivity index (χ0) is 15.0. The van der Waals surface area contributed by atoms with Crippen molar-refractivity contribution in [3.63, 3.8) is 0 Å². The van der Waals surface area contributed by atoms with Gasteiger partial charge in [-0.2, -0.15) is 0 Å². The highest BCUT2D eigenvalue weighted by Gasteiger charge is 2.12. The van der Waals surface area contributed by atoms with Gasteiger partial charge in [0.25, 0.3) is 0 Å². The number of nitrogens with zero attached hydrogens (tertiary/aromatic N) is 3. The van der Waals surface area contributed by atoms with E-state index in [1.165, 1.54) is 19.3 Å². The van der Waals surface area contributed by atoms with Crippen LogP contribution >= 0.6 is 0 Å². The standard InChI is InChI=1S/C17H23N5/c1-2-9-19-15(5-1)6-7-16-10-17(22-13-21-16)20-12-14-4-3-8-18-11-14/h3-4,8,10-11,13,15,19H,1-2,5-7,9,12H2,(H,20,21,22)/t15-/m0/s1. The minimum absolute atomic E-state index is 0.649. The molecule has 1 atom stereocenters. The van der Waals surface area contributed by atoms with E-state index in [-0.39, 0.29) is 0 Å². The number of piperidine rings is 1. The van der Waals surface area contributed by atoms with E-state index in [1.54, 1.807) is 12.5 Å². The summed E-state index contributed by atoms with van der Waals surface area (Å²) in [6, 6.07) is 6.70. The molecule has 116 valence electrons. The SMILES string of the molecule is c1cncc(CNc2cc(CC[C@@H]3CCCCN3)ncn2)c1. The lowest BCUT2D eigenvalue weighted by molar-refractivity contribution is 0.382. The number of rotatable bonds is 6. The van der Waals surface area contributed by atoms with Gasteiger partial charge >= 0.3 is 0 Å². The highest BCUT2D eigenvalue weighted by molar-refractivity contribution is 5.35. The average Bonchev–Trinajstić information content (AvgIpc) is 2.60. The Kier molecular flexibility index (Phi) is 5.32. The van der Waals surface area contributed by atoms with Crippen molar-refractivity contribution in [1.82, 2.24) is 20.3 Å². The van der Waals surface area contributed by atoms with Gasteiger partial charge in [0.05, 0.1) is 0 Å². The molecule has 2 N–H and O–H groups in total. The van der Waals surface area contributed by atoms with E-state index >= 15 is 0 Å². The molecule has 0 aliphatic carbocycles. The van der Waals surface area contributed by atoms with Crippen molar-refractivity contribution in [2.45, 2.75) is 44.7 Å². The van der Waals surface area contributed by atoms with Crippen LogP contribution in [0.3, 0.4) is 0 Å². The zero-order valence-corrected chi connectivity index (χ0v) is 12.8. The zero-order valence-electron chi connectivity index (χ0n) is 12.8. The number of aromatic nitrogens is 3. The monoisotopic (exact) mass is 297 g/mol. The first-order chi connectivity index (χ1) is 10.9. The van der Waals surface area contributed by atoms with E-state index in [4.69, 9.17) is 0 Å². The second-order valence-corrected chi connectivity index (χ2v) is 5.79. The maximum Gasteiger partial charge on any atom is 0.129 e. The van der Waals surface area contributed by atoms with Crippen LogP contribution in [-0.2, 0) is 13.0 Å². The Balaban J connectivity index is 1.51. The summed E-state index contributed by atoms with van der Waals surface area (Å²) in [7, 11) is 0. The summed E-state index contributed by atoms with van der Waals surface area (Å²) < 4.78 is 0. The summed E-state index contributed by atoms with van der Waals surface area (Å²) in [5, 5.41) is 6.92. The molecule has 2 aromatic rings. The molecule has 1 saturated heterocycles. The summed E-state index contributed by atoms with van der Waals surface area (Å²) in [6.07, 6.45) is 11.4. The Morgan fingerprint density at radius 1 is 1.27 bits per heavy atom. The highest BCUT2D eigenvalue weighted by atomic mass is 15.0. The van der Waals surface area contributed by atoms with Gasteiger partial charge in [-0.05, 0) is 43.9 Å². The van der Waals surface area contributed by atoms with E-state index in [1.807, 2.05) is 12.3 Å². The van der Waals surface area contributed by atoms with E-state index in [0.29, 0.717) is 6.04 Å². The van der Waals surface area contributed by atoms with Gasteiger partial charge in [-0.25, -0.2) is 9.97 Å². The van der Waals surface area contributed by atoms with Crippen LogP contribution in [0, 0.1) is 0 Å². The predicted octanol–water partition coefficient (Wildman–Crippen LogP) is 2.56. The van der Waals surface area contributed by atoms with E-state index < -0.39 is 0 Å². The third kappa shape index (κ3) is 4.49. The van der Waals surface area contributed by atoms with Crippen molar-refractivity contribution in [1.29, 1.82) is 0 Å². The minimum Gasteiger partial charge on any atom is -0.366 e. The smallest absolute Gasteiger partial charge is 0.129 e. The lowest BCUT2D eigenvalue weighted by Gasteiger charge is -2.23. The third-order valence-corrected chi connectivity index (χ3v) is 4.08. The highest BCUT2D eigenvalue weighted by Crippen LogP contribution is 2.14. The maximum atomic E-state index is 4.39. The van der Waals surface area contributed by atoms with Gasteiger partial charge < -0.3 is 10.6 Å². The molecule has 1 aliphatic rings. The fourth-order valence-electron chi connectivity index (χ4n) is 2.82. The van der Waals surface area contributed by atoms with Crippen molar-refractivity contribution >= 4 is 5.82 Å². The molecule has 1 aliphatic heterocycles. The van der Waals surface area contributed by atoms with Crippen LogP contribution in [-0.4, -0.2) is 27.5 Å². The molecule has 0 radical (unpaired) electrons. The maximum absolute atomic E-state index is 4.39. The first-order valence-corrected chi connectivity index (χ1v) is 8.07. The van der Waals surface area contributed by atoms with Crippen molar-refractivity contribution < 1.29 is 0 Å². The number of hydrogen-bond donors (Lipinski definition) is 2. The Labute approximate surface area is 131 Å². The van der Waals surface area contributed by atoms with Gasteiger partial charge in [0.15, 0.2) is 0 Å². The molecular weight excluding hydrogens is 274 g/mol. The Bertz CT molecular complexity index is 566. The van der Waals surface area contributed by atoms with Gasteiger partial charge in [0.2, 0.25) is 0 Å². The van der Waals surface area contributed by atoms with Crippen LogP contribution in [0.2, 0.25) is 0 Å². The Hall–Kier alpha value is -2.01. The molecule has 0 spiro atoms. The number of pyridine rings is 1. The van der Waals surface area contributed by atoms with Crippen LogP contribution in [0.25, 0.3) is 0 Å². The topological polar surface area (TPSA) is 62.7 Å². The second-order valence-electron chi connectivity index (χ2n) is 5.79. The third-order valence-electron chi connectivity index (χ3n) is 4.08. The van der Waals surface area contributed by atoms with E-state index in [2.05, 4.69) is 37.7 Å². The lowest BCUT2D eigenvalue weighted by Crippen LogP contribution is -2.34. The fraction of sp³-hybridized carbons (Fsp3) is 0.471. The quantitative estimate of drug-likeness (QED) is 0.858. The molecule has 0 bridgehead atoms. The van der Waals surface area contributed by atoms with Crippen LogP contribution in [0.4, 0.5) is 5.82 Å². The Morgan fingerprint density at radius 3 is 3.09 bits per heavy atom. The average molecular weight is 297 g/mol. The molecule has 0 aromatic carbocycles. The minimum atomic E-state index is 0.649. The molecule has 22 heavy (non-hydrogen) atoms. The van der Waals surface area contributed by atoms with Crippen LogP contribution in [0.15, 0.2) is 36.9 Å². The summed E-state index contributed by atoms with van der Waals surface area (Å²) in [5.41, 5.74) is 2.25. The van der Waals surface area contributed by atoms with Gasteiger partial charge in [-0.3, -0.25) is 4.98 Å². The Morgan fingerprint density at radius 2 is 2.27 bits per heavy atom. The van der Waals surface area contributed by atoms with Crippen molar-refractivity contribution in [3.05, 3.63) is 48.2 Å². The van der Waals surface area contributed by atoms with Gasteiger partial charge in [0.1, 0.15) is 12.1 Å². The lowest BCUT2D eigenvalue weighted by atomic mass is 10.00. The molecule has 3 rings (SSSR count). The second kappa shape index (κ2) is 7.84. The normalized spacial score (nSPS) is 18.1. The fourth-order valence-corrected chi connectivity index (χ4v) is 2.82. The van der Waals surface area contributed by atoms with E-state index in [9.17, 15) is 0 Å². The molecule has 5 nitrogen and oxygen atoms in total.